The molecule has 0 saturated heterocycles. The van der Waals surface area contributed by atoms with Crippen LogP contribution in [0.3, 0.4) is 0 Å². The van der Waals surface area contributed by atoms with Crippen molar-refractivity contribution in [1.29, 1.82) is 0 Å². The maximum Gasteiger partial charge on any atom is 0.191 e. The number of nitrogens with zero attached hydrogens (tertiary/aromatic N) is 3. The van der Waals surface area contributed by atoms with Gasteiger partial charge < -0.3 is 9.30 Å². The summed E-state index contributed by atoms with van der Waals surface area (Å²) in [4.78, 5) is 0. The molecule has 136 valence electrons. The van der Waals surface area contributed by atoms with Gasteiger partial charge in [-0.2, -0.15) is 0 Å². The Bertz CT molecular complexity index is 883. The van der Waals surface area contributed by atoms with E-state index in [-0.39, 0.29) is 0 Å². The first-order chi connectivity index (χ1) is 12.4. The van der Waals surface area contributed by atoms with E-state index in [1.165, 1.54) is 11.1 Å². The molecule has 0 saturated carbocycles. The molecule has 1 aromatic heterocycles. The zero-order chi connectivity index (χ0) is 18.7. The summed E-state index contributed by atoms with van der Waals surface area (Å²) < 4.78 is 7.87. The van der Waals surface area contributed by atoms with Crippen LogP contribution in [0, 0.1) is 20.8 Å². The van der Waals surface area contributed by atoms with Crippen LogP contribution in [0.1, 0.15) is 28.1 Å². The molecule has 0 fully saturated rings. The highest BCUT2D eigenvalue weighted by molar-refractivity contribution is 7.98. The molecule has 0 radical (unpaired) electrons. The van der Waals surface area contributed by atoms with Crippen molar-refractivity contribution in [3.8, 4) is 5.75 Å². The van der Waals surface area contributed by atoms with Gasteiger partial charge >= 0.3 is 0 Å². The molecule has 4 nitrogen and oxygen atoms in total. The van der Waals surface area contributed by atoms with Gasteiger partial charge in [0.2, 0.25) is 0 Å². The summed E-state index contributed by atoms with van der Waals surface area (Å²) in [5.41, 5.74) is 4.56. The lowest BCUT2D eigenvalue weighted by Gasteiger charge is -2.10. The Hall–Kier alpha value is -1.98. The third-order valence-corrected chi connectivity index (χ3v) is 5.88. The number of aryl methyl sites for hydroxylation is 3. The Morgan fingerprint density at radius 1 is 1.04 bits per heavy atom. The lowest BCUT2D eigenvalue weighted by molar-refractivity contribution is 0.290. The first-order valence-corrected chi connectivity index (χ1v) is 9.76. The summed E-state index contributed by atoms with van der Waals surface area (Å²) in [6, 6.07) is 12.4. The zero-order valence-corrected chi connectivity index (χ0v) is 17.0. The van der Waals surface area contributed by atoms with Crippen LogP contribution in [0.2, 0.25) is 5.02 Å². The van der Waals surface area contributed by atoms with Crippen molar-refractivity contribution in [2.45, 2.75) is 38.3 Å². The molecule has 0 bridgehead atoms. The van der Waals surface area contributed by atoms with Crippen LogP contribution in [0.25, 0.3) is 0 Å². The molecule has 0 aliphatic rings. The Labute approximate surface area is 163 Å². The van der Waals surface area contributed by atoms with E-state index in [0.29, 0.717) is 6.61 Å². The van der Waals surface area contributed by atoms with Crippen molar-refractivity contribution in [2.24, 2.45) is 7.05 Å². The predicted molar refractivity (Wildman–Crippen MR) is 107 cm³/mol. The third-order valence-electron chi connectivity index (χ3n) is 4.19. The molecule has 0 N–H and O–H groups in total. The highest BCUT2D eigenvalue weighted by Gasteiger charge is 2.11. The molecule has 26 heavy (non-hydrogen) atoms. The van der Waals surface area contributed by atoms with Crippen molar-refractivity contribution in [3.63, 3.8) is 0 Å². The molecular weight excluding hydrogens is 366 g/mol. The SMILES string of the molecule is Cc1ccc(CSc2nnc(COc3cc(C)c(Cl)c(C)c3)n2C)cc1. The maximum absolute atomic E-state index is 6.20. The quantitative estimate of drug-likeness (QED) is 0.540. The lowest BCUT2D eigenvalue weighted by Crippen LogP contribution is -2.04. The second-order valence-corrected chi connectivity index (χ2v) is 7.71. The minimum atomic E-state index is 0.370. The maximum atomic E-state index is 6.20. The summed E-state index contributed by atoms with van der Waals surface area (Å²) >= 11 is 7.88. The minimum Gasteiger partial charge on any atom is -0.486 e. The van der Waals surface area contributed by atoms with Crippen molar-refractivity contribution < 1.29 is 4.74 Å². The number of benzene rings is 2. The fourth-order valence-electron chi connectivity index (χ4n) is 2.57. The number of hydrogen-bond donors (Lipinski definition) is 0. The highest BCUT2D eigenvalue weighted by Crippen LogP contribution is 2.27. The van der Waals surface area contributed by atoms with Crippen LogP contribution in [0.5, 0.6) is 5.75 Å². The minimum absolute atomic E-state index is 0.370. The molecule has 3 aromatic rings. The van der Waals surface area contributed by atoms with Crippen LogP contribution in [-0.4, -0.2) is 14.8 Å². The zero-order valence-electron chi connectivity index (χ0n) is 15.4. The summed E-state index contributed by atoms with van der Waals surface area (Å²) in [5.74, 6) is 2.45. The van der Waals surface area contributed by atoms with Crippen molar-refractivity contribution >= 4 is 23.4 Å². The largest absolute Gasteiger partial charge is 0.486 e. The predicted octanol–water partition coefficient (Wildman–Crippen LogP) is 5.27. The fraction of sp³-hybridized carbons (Fsp3) is 0.300. The van der Waals surface area contributed by atoms with Crippen molar-refractivity contribution in [3.05, 3.63) is 69.5 Å². The van der Waals surface area contributed by atoms with Gasteiger partial charge in [-0.05, 0) is 49.6 Å². The van der Waals surface area contributed by atoms with E-state index in [1.807, 2.05) is 37.6 Å². The summed E-state index contributed by atoms with van der Waals surface area (Å²) in [6.45, 7) is 6.42. The number of thioether (sulfide) groups is 1. The molecule has 3 rings (SSSR count). The van der Waals surface area contributed by atoms with E-state index in [2.05, 4.69) is 41.4 Å². The van der Waals surface area contributed by atoms with Gasteiger partial charge in [0, 0.05) is 17.8 Å². The Balaban J connectivity index is 1.62. The molecule has 6 heteroatoms. The van der Waals surface area contributed by atoms with Gasteiger partial charge in [0.15, 0.2) is 11.0 Å². The Morgan fingerprint density at radius 2 is 1.69 bits per heavy atom. The Morgan fingerprint density at radius 3 is 2.35 bits per heavy atom. The number of halogens is 1. The third kappa shape index (κ3) is 4.40. The molecule has 0 aliphatic carbocycles. The summed E-state index contributed by atoms with van der Waals surface area (Å²) in [6.07, 6.45) is 0. The normalized spacial score (nSPS) is 11.0. The van der Waals surface area contributed by atoms with E-state index in [9.17, 15) is 0 Å². The lowest BCUT2D eigenvalue weighted by atomic mass is 10.1. The second kappa shape index (κ2) is 8.14. The van der Waals surface area contributed by atoms with Crippen LogP contribution >= 0.6 is 23.4 Å². The molecule has 0 atom stereocenters. The molecular formula is C20H22ClN3OS. The van der Waals surface area contributed by atoms with Crippen LogP contribution in [0.4, 0.5) is 0 Å². The average molecular weight is 388 g/mol. The van der Waals surface area contributed by atoms with Crippen LogP contribution in [0.15, 0.2) is 41.6 Å². The van der Waals surface area contributed by atoms with Gasteiger partial charge in [-0.3, -0.25) is 0 Å². The van der Waals surface area contributed by atoms with E-state index in [1.54, 1.807) is 11.8 Å². The standard InChI is InChI=1S/C20H22ClN3OS/c1-13-5-7-16(8-6-13)12-26-20-23-22-18(24(20)4)11-25-17-9-14(2)19(21)15(3)10-17/h5-10H,11-12H2,1-4H3. The molecule has 0 unspecified atom stereocenters. The van der Waals surface area contributed by atoms with E-state index in [4.69, 9.17) is 16.3 Å². The smallest absolute Gasteiger partial charge is 0.191 e. The Kier molecular flexibility index (Phi) is 5.89. The monoisotopic (exact) mass is 387 g/mol. The van der Waals surface area contributed by atoms with Gasteiger partial charge in [-0.1, -0.05) is 53.2 Å². The van der Waals surface area contributed by atoms with E-state index < -0.39 is 0 Å². The van der Waals surface area contributed by atoms with Gasteiger partial charge in [-0.25, -0.2) is 0 Å². The van der Waals surface area contributed by atoms with Crippen molar-refractivity contribution in [1.82, 2.24) is 14.8 Å². The molecule has 0 aliphatic heterocycles. The number of hydrogen-bond acceptors (Lipinski definition) is 4. The van der Waals surface area contributed by atoms with Gasteiger partial charge in [0.25, 0.3) is 0 Å². The number of ether oxygens (including phenoxy) is 1. The van der Waals surface area contributed by atoms with Gasteiger partial charge in [0.05, 0.1) is 0 Å². The number of aromatic nitrogens is 3. The van der Waals surface area contributed by atoms with Crippen molar-refractivity contribution in [2.75, 3.05) is 0 Å². The van der Waals surface area contributed by atoms with Crippen LogP contribution in [-0.2, 0) is 19.4 Å². The first kappa shape index (κ1) is 18.8. The second-order valence-electron chi connectivity index (χ2n) is 6.39. The summed E-state index contributed by atoms with van der Waals surface area (Å²) in [5, 5.41) is 10.2. The van der Waals surface area contributed by atoms with E-state index >= 15 is 0 Å². The van der Waals surface area contributed by atoms with E-state index in [0.717, 1.165) is 38.6 Å². The topological polar surface area (TPSA) is 39.9 Å². The molecule has 2 aromatic carbocycles. The molecule has 0 amide bonds. The van der Waals surface area contributed by atoms with Gasteiger partial charge in [-0.15, -0.1) is 10.2 Å². The molecule has 0 spiro atoms. The van der Waals surface area contributed by atoms with Crippen LogP contribution < -0.4 is 4.74 Å². The molecule has 1 heterocycles. The summed E-state index contributed by atoms with van der Waals surface area (Å²) in [7, 11) is 1.97. The highest BCUT2D eigenvalue weighted by atomic mass is 35.5. The fourth-order valence-corrected chi connectivity index (χ4v) is 3.56. The number of rotatable bonds is 6. The first-order valence-electron chi connectivity index (χ1n) is 8.40. The van der Waals surface area contributed by atoms with Gasteiger partial charge in [0.1, 0.15) is 12.4 Å². The average Bonchev–Trinajstić information content (AvgIpc) is 2.97.